The van der Waals surface area contributed by atoms with Gasteiger partial charge in [-0.1, -0.05) is 44.2 Å². The summed E-state index contributed by atoms with van der Waals surface area (Å²) in [7, 11) is 0. The van der Waals surface area contributed by atoms with Gasteiger partial charge in [0.05, 0.1) is 72.0 Å². The zero-order valence-electron chi connectivity index (χ0n) is 38.2. The lowest BCUT2D eigenvalue weighted by Crippen LogP contribution is -2.46. The first-order valence-electron chi connectivity index (χ1n) is 22.6. The molecule has 0 spiro atoms. The van der Waals surface area contributed by atoms with Crippen LogP contribution in [0.4, 0.5) is 10.1 Å². The fraction of sp³-hybridized carbons (Fsp3) is 0.500. The predicted molar refractivity (Wildman–Crippen MR) is 245 cm³/mol. The molecular weight excluding hydrogens is 834 g/mol. The minimum Gasteiger partial charge on any atom is -0.377 e. The zero-order chi connectivity index (χ0) is 46.6. The van der Waals surface area contributed by atoms with Crippen LogP contribution in [0.25, 0.3) is 17.2 Å². The molecule has 2 N–H and O–H groups in total. The van der Waals surface area contributed by atoms with Crippen molar-refractivity contribution in [2.45, 2.75) is 58.9 Å². The first kappa shape index (κ1) is 50.5. The number of piperidine rings is 1. The van der Waals surface area contributed by atoms with Crippen molar-refractivity contribution in [1.82, 2.24) is 15.5 Å². The highest BCUT2D eigenvalue weighted by atomic mass is 19.1. The van der Waals surface area contributed by atoms with E-state index in [-0.39, 0.29) is 41.8 Å². The third kappa shape index (κ3) is 15.6. The number of anilines is 1. The summed E-state index contributed by atoms with van der Waals surface area (Å²) in [6.07, 6.45) is 3.64. The Morgan fingerprint density at radius 1 is 0.800 bits per heavy atom. The van der Waals surface area contributed by atoms with E-state index in [0.29, 0.717) is 122 Å². The van der Waals surface area contributed by atoms with Crippen molar-refractivity contribution in [2.24, 2.45) is 11.8 Å². The van der Waals surface area contributed by atoms with Crippen LogP contribution >= 0.6 is 0 Å². The van der Waals surface area contributed by atoms with E-state index in [9.17, 15) is 28.8 Å². The summed E-state index contributed by atoms with van der Waals surface area (Å²) in [6, 6.07) is 21.5. The number of nitrogens with one attached hydrogen (secondary N) is 2. The Bertz CT molecular complexity index is 2090. The molecule has 1 fully saturated rings. The number of hydrogen-bond acceptors (Lipinski definition) is 10. The monoisotopic (exact) mass is 897 g/mol. The van der Waals surface area contributed by atoms with Crippen LogP contribution in [0.2, 0.25) is 0 Å². The van der Waals surface area contributed by atoms with Crippen LogP contribution in [0.3, 0.4) is 0 Å². The van der Waals surface area contributed by atoms with Gasteiger partial charge in [-0.05, 0) is 103 Å². The summed E-state index contributed by atoms with van der Waals surface area (Å²) >= 11 is 0. The maximum Gasteiger partial charge on any atom is 0.264 e. The standard InChI is InChI=1S/C50H64FN5O9/c1-35(2)45-30-36(3)56(37(4)57)47-16-13-41(32-46(45)47)39-9-11-40(12-10-39)48(58)53-17-20-61-22-24-63-26-28-65-29-27-64-25-23-62-21-18-54-49(59)42-6-5-19-55(34-42)50(60)43(33-52)31-38-7-14-44(51)15-8-38/h7-16,31-32,35-36,42,45H,5-6,17-30,34H2,1-4H3,(H,53,58)(H,54,59)/b43-31+. The largest absolute Gasteiger partial charge is 0.377 e. The molecule has 2 aliphatic rings. The van der Waals surface area contributed by atoms with E-state index in [4.69, 9.17) is 23.7 Å². The SMILES string of the molecule is CC(=O)N1c2ccc(-c3ccc(C(=O)NCCOCCOCCOCCOCCOCCNC(=O)C4CCCN(C(=O)/C(C#N)=C/c5ccc(F)cc5)C4)cc3)cc2C(C(C)C)CC1C. The molecule has 1 saturated heterocycles. The number of fused-ring (bicyclic) bond motifs is 1. The molecule has 0 bridgehead atoms. The zero-order valence-corrected chi connectivity index (χ0v) is 38.2. The number of ether oxygens (including phenoxy) is 5. The van der Waals surface area contributed by atoms with Gasteiger partial charge in [0.1, 0.15) is 17.5 Å². The van der Waals surface area contributed by atoms with Crippen LogP contribution in [0.5, 0.6) is 0 Å². The summed E-state index contributed by atoms with van der Waals surface area (Å²) in [5.74, 6) is -0.708. The van der Waals surface area contributed by atoms with Crippen molar-refractivity contribution in [2.75, 3.05) is 97.1 Å². The third-order valence-electron chi connectivity index (χ3n) is 11.5. The van der Waals surface area contributed by atoms with Gasteiger partial charge in [-0.15, -0.1) is 0 Å². The second-order valence-electron chi connectivity index (χ2n) is 16.6. The molecule has 3 aromatic carbocycles. The van der Waals surface area contributed by atoms with E-state index in [1.807, 2.05) is 41.3 Å². The van der Waals surface area contributed by atoms with E-state index >= 15 is 0 Å². The molecule has 2 aliphatic heterocycles. The number of carbonyl (C=O) groups is 4. The summed E-state index contributed by atoms with van der Waals surface area (Å²) in [6.45, 7) is 13.4. The van der Waals surface area contributed by atoms with Gasteiger partial charge < -0.3 is 44.1 Å². The Balaban J connectivity index is 0.827. The number of benzene rings is 3. The molecule has 2 heterocycles. The first-order valence-corrected chi connectivity index (χ1v) is 22.6. The fourth-order valence-corrected chi connectivity index (χ4v) is 8.14. The smallest absolute Gasteiger partial charge is 0.264 e. The van der Waals surface area contributed by atoms with Crippen molar-refractivity contribution in [1.29, 1.82) is 5.26 Å². The summed E-state index contributed by atoms with van der Waals surface area (Å²) in [5, 5.41) is 15.3. The maximum absolute atomic E-state index is 13.2. The number of likely N-dealkylation sites (tertiary alicyclic amines) is 1. The van der Waals surface area contributed by atoms with Crippen molar-refractivity contribution in [3.05, 3.63) is 94.8 Å². The Morgan fingerprint density at radius 2 is 1.37 bits per heavy atom. The number of rotatable bonds is 24. The average Bonchev–Trinajstić information content (AvgIpc) is 3.31. The van der Waals surface area contributed by atoms with E-state index in [1.54, 1.807) is 6.92 Å². The van der Waals surface area contributed by atoms with Gasteiger partial charge in [-0.2, -0.15) is 5.26 Å². The molecule has 0 radical (unpaired) electrons. The van der Waals surface area contributed by atoms with Gasteiger partial charge >= 0.3 is 0 Å². The molecule has 0 aromatic heterocycles. The Morgan fingerprint density at radius 3 is 1.94 bits per heavy atom. The van der Waals surface area contributed by atoms with Gasteiger partial charge in [-0.25, -0.2) is 4.39 Å². The minimum absolute atomic E-state index is 0.0572. The lowest BCUT2D eigenvalue weighted by molar-refractivity contribution is -0.132. The molecule has 3 atom stereocenters. The molecule has 0 aliphatic carbocycles. The maximum atomic E-state index is 13.2. The number of amides is 4. The number of nitriles is 1. The number of carbonyl (C=O) groups excluding carboxylic acids is 4. The average molecular weight is 898 g/mol. The Labute approximate surface area is 382 Å². The molecule has 14 nitrogen and oxygen atoms in total. The second-order valence-corrected chi connectivity index (χ2v) is 16.6. The molecule has 15 heteroatoms. The Kier molecular flexibility index (Phi) is 20.6. The Hall–Kier alpha value is -5.50. The van der Waals surface area contributed by atoms with Crippen molar-refractivity contribution < 1.29 is 47.3 Å². The van der Waals surface area contributed by atoms with Crippen molar-refractivity contribution in [3.8, 4) is 17.2 Å². The highest BCUT2D eigenvalue weighted by Gasteiger charge is 2.34. The van der Waals surface area contributed by atoms with Crippen LogP contribution < -0.4 is 15.5 Å². The number of hydrogen-bond donors (Lipinski definition) is 2. The molecule has 5 rings (SSSR count). The van der Waals surface area contributed by atoms with Gasteiger partial charge in [0.15, 0.2) is 0 Å². The predicted octanol–water partition coefficient (Wildman–Crippen LogP) is 6.15. The third-order valence-corrected chi connectivity index (χ3v) is 11.5. The molecule has 4 amide bonds. The van der Waals surface area contributed by atoms with Crippen molar-refractivity contribution >= 4 is 35.4 Å². The molecular formula is C50H64FN5O9. The lowest BCUT2D eigenvalue weighted by Gasteiger charge is -2.40. The highest BCUT2D eigenvalue weighted by molar-refractivity contribution is 6.02. The minimum atomic E-state index is -0.447. The quantitative estimate of drug-likeness (QED) is 0.0605. The molecule has 3 unspecified atom stereocenters. The second kappa shape index (κ2) is 26.5. The van der Waals surface area contributed by atoms with Gasteiger partial charge in [-0.3, -0.25) is 19.2 Å². The van der Waals surface area contributed by atoms with Gasteiger partial charge in [0.25, 0.3) is 11.8 Å². The number of halogens is 1. The van der Waals surface area contributed by atoms with Crippen LogP contribution in [-0.4, -0.2) is 127 Å². The van der Waals surface area contributed by atoms with E-state index in [2.05, 4.69) is 43.5 Å². The van der Waals surface area contributed by atoms with Gasteiger partial charge in [0.2, 0.25) is 11.8 Å². The van der Waals surface area contributed by atoms with Gasteiger partial charge in [0, 0.05) is 50.4 Å². The van der Waals surface area contributed by atoms with Crippen LogP contribution in [0, 0.1) is 29.0 Å². The fourth-order valence-electron chi connectivity index (χ4n) is 8.14. The molecule has 3 aromatic rings. The molecule has 0 saturated carbocycles. The molecule has 65 heavy (non-hydrogen) atoms. The first-order chi connectivity index (χ1) is 31.5. The van der Waals surface area contributed by atoms with Crippen LogP contribution in [0.1, 0.15) is 74.4 Å². The normalized spacial score (nSPS) is 17.4. The van der Waals surface area contributed by atoms with Crippen LogP contribution in [0.15, 0.2) is 72.3 Å². The summed E-state index contributed by atoms with van der Waals surface area (Å²) in [4.78, 5) is 54.4. The highest BCUT2D eigenvalue weighted by Crippen LogP contribution is 2.44. The van der Waals surface area contributed by atoms with E-state index < -0.39 is 11.7 Å². The summed E-state index contributed by atoms with van der Waals surface area (Å²) < 4.78 is 41.0. The lowest BCUT2D eigenvalue weighted by atomic mass is 9.78. The van der Waals surface area contributed by atoms with Crippen LogP contribution in [-0.2, 0) is 38.1 Å². The molecule has 350 valence electrons. The van der Waals surface area contributed by atoms with E-state index in [0.717, 1.165) is 23.2 Å². The van der Waals surface area contributed by atoms with Crippen molar-refractivity contribution in [3.63, 3.8) is 0 Å². The summed E-state index contributed by atoms with van der Waals surface area (Å²) in [5.41, 5.74) is 5.31. The number of nitrogens with zero attached hydrogens (tertiary/aromatic N) is 3. The topological polar surface area (TPSA) is 169 Å². The van der Waals surface area contributed by atoms with E-state index in [1.165, 1.54) is 40.8 Å².